The lowest BCUT2D eigenvalue weighted by atomic mass is 10.2. The molecule has 0 bridgehead atoms. The van der Waals surface area contributed by atoms with E-state index in [1.165, 1.54) is 24.9 Å². The van der Waals surface area contributed by atoms with Crippen LogP contribution in [0.5, 0.6) is 5.75 Å². The maximum Gasteiger partial charge on any atom is 0.332 e. The Kier molecular flexibility index (Phi) is 4.29. The number of nitrogens with zero attached hydrogens (tertiary/aromatic N) is 5. The van der Waals surface area contributed by atoms with E-state index in [0.717, 1.165) is 15.9 Å². The Morgan fingerprint density at radius 1 is 1.16 bits per heavy atom. The lowest BCUT2D eigenvalue weighted by Gasteiger charge is -2.06. The van der Waals surface area contributed by atoms with Crippen molar-refractivity contribution >= 4 is 23.2 Å². The molecule has 0 saturated heterocycles. The lowest BCUT2D eigenvalue weighted by Crippen LogP contribution is -2.37. The Balaban J connectivity index is 1.88. The molecule has 9 heteroatoms. The predicted molar refractivity (Wildman–Crippen MR) is 94.2 cm³/mol. The molecule has 0 fully saturated rings. The smallest absolute Gasteiger partial charge is 0.332 e. The van der Waals surface area contributed by atoms with Gasteiger partial charge in [-0.05, 0) is 29.8 Å². The first kappa shape index (κ1) is 16.4. The molecule has 0 spiro atoms. The van der Waals surface area contributed by atoms with Crippen LogP contribution < -0.4 is 21.4 Å². The average molecular weight is 340 g/mol. The van der Waals surface area contributed by atoms with Crippen molar-refractivity contribution in [3.8, 4) is 5.75 Å². The van der Waals surface area contributed by atoms with E-state index in [2.05, 4.69) is 20.5 Å². The molecule has 2 heterocycles. The summed E-state index contributed by atoms with van der Waals surface area (Å²) < 4.78 is 7.35. The number of fused-ring (bicyclic) bond motifs is 1. The molecular weight excluding hydrogens is 324 g/mol. The Bertz CT molecular complexity index is 1070. The Hall–Kier alpha value is -3.49. The van der Waals surface area contributed by atoms with Gasteiger partial charge in [0.05, 0.1) is 19.5 Å². The number of benzene rings is 1. The minimum atomic E-state index is -0.506. The molecule has 25 heavy (non-hydrogen) atoms. The topological polar surface area (TPSA) is 103 Å². The summed E-state index contributed by atoms with van der Waals surface area (Å²) in [6, 6.07) is 7.34. The third-order valence-corrected chi connectivity index (χ3v) is 3.66. The number of nitrogens with one attached hydrogen (secondary N) is 1. The monoisotopic (exact) mass is 340 g/mol. The molecule has 3 rings (SSSR count). The molecule has 0 radical (unpaired) electrons. The van der Waals surface area contributed by atoms with Gasteiger partial charge in [-0.1, -0.05) is 0 Å². The van der Waals surface area contributed by atoms with Crippen LogP contribution in [-0.4, -0.2) is 32.4 Å². The quantitative estimate of drug-likeness (QED) is 0.547. The van der Waals surface area contributed by atoms with Gasteiger partial charge in [0.25, 0.3) is 5.56 Å². The van der Waals surface area contributed by atoms with Crippen molar-refractivity contribution in [3.05, 3.63) is 56.9 Å². The van der Waals surface area contributed by atoms with Gasteiger partial charge < -0.3 is 4.74 Å². The Morgan fingerprint density at radius 3 is 2.56 bits per heavy atom. The second-order valence-electron chi connectivity index (χ2n) is 5.28. The van der Waals surface area contributed by atoms with Crippen molar-refractivity contribution in [1.82, 2.24) is 19.1 Å². The zero-order valence-corrected chi connectivity index (χ0v) is 13.9. The van der Waals surface area contributed by atoms with Crippen molar-refractivity contribution in [3.63, 3.8) is 0 Å². The van der Waals surface area contributed by atoms with Crippen molar-refractivity contribution < 1.29 is 4.74 Å². The summed E-state index contributed by atoms with van der Waals surface area (Å²) in [5, 5.41) is 4.07. The molecule has 128 valence electrons. The maximum absolute atomic E-state index is 12.2. The van der Waals surface area contributed by atoms with E-state index in [1.807, 2.05) is 24.3 Å². The fourth-order valence-corrected chi connectivity index (χ4v) is 2.25. The Morgan fingerprint density at radius 2 is 1.88 bits per heavy atom. The van der Waals surface area contributed by atoms with E-state index >= 15 is 0 Å². The summed E-state index contributed by atoms with van der Waals surface area (Å²) in [4.78, 5) is 32.4. The van der Waals surface area contributed by atoms with Crippen LogP contribution in [0.15, 0.2) is 45.2 Å². The highest BCUT2D eigenvalue weighted by Crippen LogP contribution is 2.10. The number of aromatic nitrogens is 4. The number of hydrogen-bond acceptors (Lipinski definition) is 7. The first-order chi connectivity index (χ1) is 12.0. The molecule has 0 aliphatic heterocycles. The van der Waals surface area contributed by atoms with Gasteiger partial charge in [-0.25, -0.2) is 14.8 Å². The molecular formula is C16H16N6O3. The van der Waals surface area contributed by atoms with Crippen molar-refractivity contribution in [2.45, 2.75) is 0 Å². The number of hydrogen-bond donors (Lipinski definition) is 1. The van der Waals surface area contributed by atoms with Crippen molar-refractivity contribution in [2.75, 3.05) is 12.5 Å². The fourth-order valence-electron chi connectivity index (χ4n) is 2.25. The van der Waals surface area contributed by atoms with Crippen LogP contribution in [0.3, 0.4) is 0 Å². The van der Waals surface area contributed by atoms with Gasteiger partial charge >= 0.3 is 5.69 Å². The van der Waals surface area contributed by atoms with E-state index in [-0.39, 0.29) is 11.2 Å². The maximum atomic E-state index is 12.2. The minimum absolute atomic E-state index is 0.0919. The molecule has 3 aromatic rings. The summed E-state index contributed by atoms with van der Waals surface area (Å²) in [6.07, 6.45) is 3.01. The SMILES string of the molecule is COc1ccc(C=NNc2cnc3c(n2)c(=O)n(C)c(=O)n3C)cc1. The number of aryl methyl sites for hydroxylation is 1. The summed E-state index contributed by atoms with van der Waals surface area (Å²) in [5.41, 5.74) is 2.94. The molecule has 0 amide bonds. The molecule has 0 atom stereocenters. The zero-order valence-electron chi connectivity index (χ0n) is 13.9. The minimum Gasteiger partial charge on any atom is -0.497 e. The van der Waals surface area contributed by atoms with Crippen LogP contribution in [0, 0.1) is 0 Å². The lowest BCUT2D eigenvalue weighted by molar-refractivity contribution is 0.415. The normalized spacial score (nSPS) is 11.2. The molecule has 0 aliphatic carbocycles. The third-order valence-electron chi connectivity index (χ3n) is 3.66. The van der Waals surface area contributed by atoms with E-state index in [9.17, 15) is 9.59 Å². The van der Waals surface area contributed by atoms with Crippen LogP contribution in [-0.2, 0) is 14.1 Å². The number of anilines is 1. The predicted octanol–water partition coefficient (Wildman–Crippen LogP) is 0.482. The molecule has 9 nitrogen and oxygen atoms in total. The van der Waals surface area contributed by atoms with Crippen LogP contribution in [0.4, 0.5) is 5.82 Å². The largest absolute Gasteiger partial charge is 0.497 e. The van der Waals surface area contributed by atoms with E-state index in [1.54, 1.807) is 13.3 Å². The Labute approximate surface area is 142 Å². The second-order valence-corrected chi connectivity index (χ2v) is 5.28. The summed E-state index contributed by atoms with van der Waals surface area (Å²) in [6.45, 7) is 0. The van der Waals surface area contributed by atoms with Gasteiger partial charge in [0.1, 0.15) is 5.75 Å². The fraction of sp³-hybridized carbons (Fsp3) is 0.188. The van der Waals surface area contributed by atoms with E-state index < -0.39 is 11.2 Å². The number of rotatable bonds is 4. The van der Waals surface area contributed by atoms with Gasteiger partial charge in [0, 0.05) is 14.1 Å². The summed E-state index contributed by atoms with van der Waals surface area (Å²) in [7, 11) is 4.53. The van der Waals surface area contributed by atoms with Gasteiger partial charge in [0.2, 0.25) is 0 Å². The summed E-state index contributed by atoms with van der Waals surface area (Å²) >= 11 is 0. The molecule has 1 aromatic carbocycles. The van der Waals surface area contributed by atoms with Crippen LogP contribution in [0.25, 0.3) is 11.2 Å². The van der Waals surface area contributed by atoms with E-state index in [0.29, 0.717) is 5.82 Å². The number of ether oxygens (including phenoxy) is 1. The van der Waals surface area contributed by atoms with Crippen LogP contribution >= 0.6 is 0 Å². The van der Waals surface area contributed by atoms with Gasteiger partial charge in [-0.3, -0.25) is 19.4 Å². The zero-order chi connectivity index (χ0) is 18.0. The van der Waals surface area contributed by atoms with Gasteiger partial charge in [-0.15, -0.1) is 0 Å². The molecule has 0 saturated carbocycles. The highest BCUT2D eigenvalue weighted by molar-refractivity contribution is 5.80. The highest BCUT2D eigenvalue weighted by atomic mass is 16.5. The third kappa shape index (κ3) is 3.11. The molecule has 1 N–H and O–H groups in total. The van der Waals surface area contributed by atoms with Gasteiger partial charge in [0.15, 0.2) is 17.0 Å². The average Bonchev–Trinajstić information content (AvgIpc) is 2.65. The van der Waals surface area contributed by atoms with Gasteiger partial charge in [-0.2, -0.15) is 5.10 Å². The standard InChI is InChI=1S/C16H16N6O3/c1-21-14-13(15(23)22(2)16(21)24)19-12(9-17-14)20-18-8-10-4-6-11(25-3)7-5-10/h4-9H,1-3H3,(H,19,20). The van der Waals surface area contributed by atoms with Crippen LogP contribution in [0.2, 0.25) is 0 Å². The summed E-state index contributed by atoms with van der Waals surface area (Å²) in [5.74, 6) is 1.06. The molecule has 0 unspecified atom stereocenters. The number of methoxy groups -OCH3 is 1. The number of hydrazone groups is 1. The second kappa shape index (κ2) is 6.56. The highest BCUT2D eigenvalue weighted by Gasteiger charge is 2.11. The van der Waals surface area contributed by atoms with Crippen molar-refractivity contribution in [2.24, 2.45) is 19.2 Å². The molecule has 2 aromatic heterocycles. The van der Waals surface area contributed by atoms with Crippen LogP contribution in [0.1, 0.15) is 5.56 Å². The van der Waals surface area contributed by atoms with Crippen molar-refractivity contribution in [1.29, 1.82) is 0 Å². The molecule has 0 aliphatic rings. The first-order valence-corrected chi connectivity index (χ1v) is 7.37. The first-order valence-electron chi connectivity index (χ1n) is 7.37. The van der Waals surface area contributed by atoms with E-state index in [4.69, 9.17) is 4.74 Å².